The number of esters is 2. The minimum absolute atomic E-state index is 0.207. The van der Waals surface area contributed by atoms with E-state index in [1.165, 1.54) is 0 Å². The minimum Gasteiger partial charge on any atom is -0.462 e. The lowest BCUT2D eigenvalue weighted by Crippen LogP contribution is -2.87. The zero-order valence-electron chi connectivity index (χ0n) is 15.4. The fraction of sp³-hybridized carbons (Fsp3) is 0.588. The van der Waals surface area contributed by atoms with Crippen LogP contribution >= 0.6 is 11.3 Å². The Bertz CT molecular complexity index is 625. The van der Waals surface area contributed by atoms with Gasteiger partial charge in [-0.25, -0.2) is 9.59 Å². The summed E-state index contributed by atoms with van der Waals surface area (Å²) < 4.78 is 10.1. The summed E-state index contributed by atoms with van der Waals surface area (Å²) in [6.07, 6.45) is 0. The van der Waals surface area contributed by atoms with Gasteiger partial charge in [0, 0.05) is 5.92 Å². The largest absolute Gasteiger partial charge is 0.462 e. The average molecular weight is 371 g/mol. The van der Waals surface area contributed by atoms with Crippen LogP contribution in [0.15, 0.2) is 0 Å². The molecule has 0 saturated heterocycles. The van der Waals surface area contributed by atoms with E-state index in [0.717, 1.165) is 17.9 Å². The highest BCUT2D eigenvalue weighted by Gasteiger charge is 2.27. The van der Waals surface area contributed by atoms with Crippen LogP contribution in [0.1, 0.15) is 53.3 Å². The number of thiophene rings is 1. The zero-order chi connectivity index (χ0) is 19.0. The molecule has 1 heterocycles. The van der Waals surface area contributed by atoms with Crippen LogP contribution in [-0.4, -0.2) is 44.1 Å². The molecule has 1 aromatic rings. The first-order valence-corrected chi connectivity index (χ1v) is 9.22. The third kappa shape index (κ3) is 6.13. The van der Waals surface area contributed by atoms with Gasteiger partial charge < -0.3 is 20.1 Å². The topological polar surface area (TPSA) is 98.3 Å². The van der Waals surface area contributed by atoms with Crippen LogP contribution in [0.5, 0.6) is 0 Å². The molecule has 7 nitrogen and oxygen atoms in total. The monoisotopic (exact) mass is 371 g/mol. The lowest BCUT2D eigenvalue weighted by atomic mass is 10.1. The molecule has 0 fully saturated rings. The number of amides is 1. The molecule has 140 valence electrons. The van der Waals surface area contributed by atoms with Crippen LogP contribution < -0.4 is 10.6 Å². The van der Waals surface area contributed by atoms with E-state index < -0.39 is 11.9 Å². The zero-order valence-corrected chi connectivity index (χ0v) is 16.2. The number of nitrogens with one attached hydrogen (secondary N) is 1. The van der Waals surface area contributed by atoms with E-state index in [1.54, 1.807) is 20.8 Å². The first-order chi connectivity index (χ1) is 11.8. The molecular weight excluding hydrogens is 344 g/mol. The van der Waals surface area contributed by atoms with Gasteiger partial charge in [0.1, 0.15) is 9.88 Å². The molecule has 25 heavy (non-hydrogen) atoms. The van der Waals surface area contributed by atoms with Crippen LogP contribution in [0.3, 0.4) is 0 Å². The summed E-state index contributed by atoms with van der Waals surface area (Å²) in [6, 6.07) is 0. The maximum Gasteiger partial charge on any atom is 0.348 e. The van der Waals surface area contributed by atoms with Crippen molar-refractivity contribution in [2.45, 2.75) is 34.6 Å². The van der Waals surface area contributed by atoms with Gasteiger partial charge in [-0.1, -0.05) is 13.8 Å². The normalized spacial score (nSPS) is 10.6. The van der Waals surface area contributed by atoms with Crippen molar-refractivity contribution in [2.75, 3.05) is 31.6 Å². The number of anilines is 1. The molecule has 0 aromatic carbocycles. The van der Waals surface area contributed by atoms with Crippen molar-refractivity contribution in [3.05, 3.63) is 16.0 Å². The lowest BCUT2D eigenvalue weighted by molar-refractivity contribution is -0.648. The summed E-state index contributed by atoms with van der Waals surface area (Å²) in [7, 11) is 0. The quantitative estimate of drug-likeness (QED) is 0.642. The Labute approximate surface area is 152 Å². The van der Waals surface area contributed by atoms with Gasteiger partial charge >= 0.3 is 11.9 Å². The average Bonchev–Trinajstić information content (AvgIpc) is 2.83. The molecule has 1 rings (SSSR count). The van der Waals surface area contributed by atoms with Gasteiger partial charge in [0.2, 0.25) is 0 Å². The van der Waals surface area contributed by atoms with Gasteiger partial charge in [0.25, 0.3) is 5.91 Å². The molecule has 0 bridgehead atoms. The Kier molecular flexibility index (Phi) is 8.57. The Morgan fingerprint density at radius 2 is 1.72 bits per heavy atom. The molecule has 0 unspecified atom stereocenters. The molecule has 0 aliphatic carbocycles. The second kappa shape index (κ2) is 10.1. The molecule has 1 amide bonds. The number of hydrogen-bond donors (Lipinski definition) is 2. The molecule has 0 saturated carbocycles. The van der Waals surface area contributed by atoms with Crippen LogP contribution in [0.4, 0.5) is 5.00 Å². The fourth-order valence-electron chi connectivity index (χ4n) is 2.17. The molecule has 0 aliphatic heterocycles. The van der Waals surface area contributed by atoms with Gasteiger partial charge in [0.15, 0.2) is 6.54 Å². The highest BCUT2D eigenvalue weighted by Crippen LogP contribution is 2.34. The summed E-state index contributed by atoms with van der Waals surface area (Å²) in [6.45, 7) is 10.7. The summed E-state index contributed by atoms with van der Waals surface area (Å²) in [5.74, 6) is -0.833. The van der Waals surface area contributed by atoms with Crippen LogP contribution in [0.2, 0.25) is 0 Å². The van der Waals surface area contributed by atoms with Crippen LogP contribution in [0, 0.1) is 12.8 Å². The Morgan fingerprint density at radius 1 is 1.12 bits per heavy atom. The second-order valence-corrected chi connectivity index (χ2v) is 6.89. The first kappa shape index (κ1) is 21.1. The van der Waals surface area contributed by atoms with Crippen LogP contribution in [0.25, 0.3) is 0 Å². The lowest BCUT2D eigenvalue weighted by Gasteiger charge is -2.07. The summed E-state index contributed by atoms with van der Waals surface area (Å²) >= 11 is 1.04. The fourth-order valence-corrected chi connectivity index (χ4v) is 3.27. The van der Waals surface area contributed by atoms with Gasteiger partial charge in [-0.3, -0.25) is 4.79 Å². The standard InChI is InChI=1S/C17H26N2O5S/c1-6-23-16(21)13-11(5)14(17(22)24-7-2)25-15(13)19-12(20)9-18-8-10(3)4/h10,18H,6-9H2,1-5H3,(H,19,20)/p+1. The maximum absolute atomic E-state index is 12.2. The molecule has 0 atom stereocenters. The molecule has 0 radical (unpaired) electrons. The molecule has 8 heteroatoms. The van der Waals surface area contributed by atoms with Gasteiger partial charge in [-0.05, 0) is 26.3 Å². The van der Waals surface area contributed by atoms with Crippen molar-refractivity contribution in [1.29, 1.82) is 0 Å². The van der Waals surface area contributed by atoms with E-state index in [2.05, 4.69) is 19.2 Å². The molecule has 0 spiro atoms. The Hall–Kier alpha value is -1.93. The maximum atomic E-state index is 12.2. The highest BCUT2D eigenvalue weighted by molar-refractivity contribution is 7.18. The number of nitrogens with two attached hydrogens (primary N) is 1. The van der Waals surface area contributed by atoms with Crippen molar-refractivity contribution >= 4 is 34.2 Å². The minimum atomic E-state index is -0.562. The SMILES string of the molecule is CCOC(=O)c1sc(NC(=O)C[NH2+]CC(C)C)c(C(=O)OCC)c1C. The van der Waals surface area contributed by atoms with Gasteiger partial charge in [-0.15, -0.1) is 11.3 Å². The molecule has 0 aliphatic rings. The van der Waals surface area contributed by atoms with Crippen molar-refractivity contribution in [2.24, 2.45) is 5.92 Å². The predicted molar refractivity (Wildman–Crippen MR) is 96.1 cm³/mol. The van der Waals surface area contributed by atoms with Crippen LogP contribution in [-0.2, 0) is 14.3 Å². The predicted octanol–water partition coefficient (Wildman–Crippen LogP) is 1.57. The summed E-state index contributed by atoms with van der Waals surface area (Å²) in [4.78, 5) is 36.7. The molecule has 3 N–H and O–H groups in total. The smallest absolute Gasteiger partial charge is 0.348 e. The number of quaternary nitrogens is 1. The first-order valence-electron chi connectivity index (χ1n) is 8.40. The third-order valence-corrected chi connectivity index (χ3v) is 4.50. The summed E-state index contributed by atoms with van der Waals surface area (Å²) in [5, 5.41) is 4.94. The second-order valence-electron chi connectivity index (χ2n) is 5.87. The van der Waals surface area contributed by atoms with E-state index in [4.69, 9.17) is 9.47 Å². The van der Waals surface area contributed by atoms with Gasteiger partial charge in [0.05, 0.1) is 25.3 Å². The third-order valence-electron chi connectivity index (χ3n) is 3.31. The van der Waals surface area contributed by atoms with E-state index in [9.17, 15) is 14.4 Å². The van der Waals surface area contributed by atoms with Crippen molar-refractivity contribution in [1.82, 2.24) is 0 Å². The van der Waals surface area contributed by atoms with E-state index in [-0.39, 0.29) is 31.2 Å². The van der Waals surface area contributed by atoms with Crippen molar-refractivity contribution in [3.8, 4) is 0 Å². The number of ether oxygens (including phenoxy) is 2. The number of hydrogen-bond acceptors (Lipinski definition) is 6. The molecular formula is C17H27N2O5S+. The number of carbonyl (C=O) groups is 3. The van der Waals surface area contributed by atoms with Crippen molar-refractivity contribution in [3.63, 3.8) is 0 Å². The Morgan fingerprint density at radius 3 is 2.28 bits per heavy atom. The van der Waals surface area contributed by atoms with Crippen molar-refractivity contribution < 1.29 is 29.2 Å². The van der Waals surface area contributed by atoms with E-state index in [0.29, 0.717) is 21.4 Å². The Balaban J connectivity index is 3.02. The highest BCUT2D eigenvalue weighted by atomic mass is 32.1. The van der Waals surface area contributed by atoms with E-state index >= 15 is 0 Å². The van der Waals surface area contributed by atoms with E-state index in [1.807, 2.05) is 5.32 Å². The summed E-state index contributed by atoms with van der Waals surface area (Å²) in [5.41, 5.74) is 0.676. The molecule has 1 aromatic heterocycles. The van der Waals surface area contributed by atoms with Gasteiger partial charge in [-0.2, -0.15) is 0 Å². The number of rotatable bonds is 9. The number of carbonyl (C=O) groups excluding carboxylic acids is 3.